The molecule has 0 fully saturated rings. The van der Waals surface area contributed by atoms with E-state index >= 15 is 0 Å². The van der Waals surface area contributed by atoms with Crippen molar-refractivity contribution in [2.75, 3.05) is 7.05 Å². The molecule has 2 rings (SSSR count). The van der Waals surface area contributed by atoms with Crippen LogP contribution in [0, 0.1) is 0 Å². The zero-order chi connectivity index (χ0) is 15.5. The summed E-state index contributed by atoms with van der Waals surface area (Å²) >= 11 is 0. The van der Waals surface area contributed by atoms with Gasteiger partial charge >= 0.3 is 0 Å². The maximum atomic E-state index is 12.6. The number of sulfonamides is 1. The third-order valence-electron chi connectivity index (χ3n) is 3.47. The molecule has 0 saturated carbocycles. The maximum absolute atomic E-state index is 12.6. The number of rotatable bonds is 6. The molecule has 0 bridgehead atoms. The molecule has 0 aliphatic heterocycles. The molecule has 21 heavy (non-hydrogen) atoms. The van der Waals surface area contributed by atoms with Crippen molar-refractivity contribution in [3.63, 3.8) is 0 Å². The van der Waals surface area contributed by atoms with Crippen molar-refractivity contribution in [2.45, 2.75) is 31.5 Å². The van der Waals surface area contributed by atoms with Crippen molar-refractivity contribution < 1.29 is 8.42 Å². The van der Waals surface area contributed by atoms with Gasteiger partial charge in [-0.15, -0.1) is 0 Å². The second kappa shape index (κ2) is 6.43. The molecule has 0 spiro atoms. The Morgan fingerprint density at radius 1 is 1.24 bits per heavy atom. The van der Waals surface area contributed by atoms with Crippen LogP contribution in [-0.2, 0) is 29.7 Å². The number of aryl methyl sites for hydroxylation is 1. The summed E-state index contributed by atoms with van der Waals surface area (Å²) in [6, 6.07) is 11.2. The van der Waals surface area contributed by atoms with Gasteiger partial charge in [-0.05, 0) is 18.6 Å². The normalized spacial score (nSPS) is 12.0. The lowest BCUT2D eigenvalue weighted by molar-refractivity contribution is 0.466. The minimum absolute atomic E-state index is 0.295. The van der Waals surface area contributed by atoms with Gasteiger partial charge in [-0.2, -0.15) is 4.31 Å². The highest BCUT2D eigenvalue weighted by atomic mass is 32.2. The lowest BCUT2D eigenvalue weighted by atomic mass is 10.2. The van der Waals surface area contributed by atoms with E-state index in [1.54, 1.807) is 19.3 Å². The Balaban J connectivity index is 2.26. The second-order valence-electron chi connectivity index (χ2n) is 4.90. The molecule has 0 saturated heterocycles. The molecular formula is C15H21N3O2S. The van der Waals surface area contributed by atoms with Crippen molar-refractivity contribution in [3.8, 4) is 0 Å². The molecule has 0 aliphatic carbocycles. The van der Waals surface area contributed by atoms with Crippen LogP contribution in [0.25, 0.3) is 0 Å². The molecule has 2 N–H and O–H groups in total. The fraction of sp³-hybridized carbons (Fsp3) is 0.333. The van der Waals surface area contributed by atoms with E-state index in [0.717, 1.165) is 11.3 Å². The third kappa shape index (κ3) is 3.34. The topological polar surface area (TPSA) is 68.3 Å². The summed E-state index contributed by atoms with van der Waals surface area (Å²) in [6.45, 7) is 3.33. The van der Waals surface area contributed by atoms with Gasteiger partial charge in [0.25, 0.3) is 0 Å². The Morgan fingerprint density at radius 2 is 1.90 bits per heavy atom. The fourth-order valence-corrected chi connectivity index (χ4v) is 3.46. The number of nitrogens with two attached hydrogens (primary N) is 1. The molecule has 1 heterocycles. The number of nitrogens with zero attached hydrogens (tertiary/aromatic N) is 2. The first-order valence-corrected chi connectivity index (χ1v) is 8.32. The molecule has 5 nitrogen and oxygen atoms in total. The van der Waals surface area contributed by atoms with Gasteiger partial charge in [-0.3, -0.25) is 0 Å². The van der Waals surface area contributed by atoms with Gasteiger partial charge < -0.3 is 10.3 Å². The molecule has 0 atom stereocenters. The van der Waals surface area contributed by atoms with Crippen molar-refractivity contribution in [2.24, 2.45) is 5.73 Å². The minimum atomic E-state index is -3.50. The summed E-state index contributed by atoms with van der Waals surface area (Å²) < 4.78 is 28.4. The quantitative estimate of drug-likeness (QED) is 0.884. The highest BCUT2D eigenvalue weighted by Crippen LogP contribution is 2.19. The van der Waals surface area contributed by atoms with Crippen LogP contribution in [0.3, 0.4) is 0 Å². The minimum Gasteiger partial charge on any atom is -0.349 e. The standard InChI is InChI=1S/C15H21N3O2S/c1-3-18-12-15(9-14(18)10-16)21(19,20)17(2)11-13-7-5-4-6-8-13/h4-9,12H,3,10-11,16H2,1-2H3. The average Bonchev–Trinajstić information content (AvgIpc) is 2.92. The Hall–Kier alpha value is -1.63. The summed E-state index contributed by atoms with van der Waals surface area (Å²) in [4.78, 5) is 0.295. The molecule has 2 aromatic rings. The van der Waals surface area contributed by atoms with Crippen LogP contribution in [0.15, 0.2) is 47.5 Å². The predicted octanol–water partition coefficient (Wildman–Crippen LogP) is 1.79. The lowest BCUT2D eigenvalue weighted by Gasteiger charge is -2.16. The summed E-state index contributed by atoms with van der Waals surface area (Å²) in [5.41, 5.74) is 7.43. The van der Waals surface area contributed by atoms with E-state index in [1.165, 1.54) is 4.31 Å². The van der Waals surface area contributed by atoms with Crippen LogP contribution < -0.4 is 5.73 Å². The van der Waals surface area contributed by atoms with Gasteiger partial charge in [-0.1, -0.05) is 30.3 Å². The SMILES string of the molecule is CCn1cc(S(=O)(=O)N(C)Cc2ccccc2)cc1CN. The van der Waals surface area contributed by atoms with E-state index in [9.17, 15) is 8.42 Å². The summed E-state index contributed by atoms with van der Waals surface area (Å²) in [6.07, 6.45) is 1.65. The van der Waals surface area contributed by atoms with E-state index in [1.807, 2.05) is 41.8 Å². The number of aromatic nitrogens is 1. The number of hydrogen-bond donors (Lipinski definition) is 1. The van der Waals surface area contributed by atoms with Gasteiger partial charge in [0.15, 0.2) is 0 Å². The van der Waals surface area contributed by atoms with Crippen LogP contribution in [0.4, 0.5) is 0 Å². The molecule has 0 amide bonds. The Bertz CT molecular complexity index is 671. The highest BCUT2D eigenvalue weighted by molar-refractivity contribution is 7.89. The van der Waals surface area contributed by atoms with Gasteiger partial charge in [-0.25, -0.2) is 8.42 Å². The maximum Gasteiger partial charge on any atom is 0.244 e. The highest BCUT2D eigenvalue weighted by Gasteiger charge is 2.23. The summed E-state index contributed by atoms with van der Waals surface area (Å²) in [5.74, 6) is 0. The zero-order valence-electron chi connectivity index (χ0n) is 12.4. The monoisotopic (exact) mass is 307 g/mol. The van der Waals surface area contributed by atoms with Gasteiger partial charge in [0.05, 0.1) is 0 Å². The van der Waals surface area contributed by atoms with Gasteiger partial charge in [0.2, 0.25) is 10.0 Å². The van der Waals surface area contributed by atoms with Crippen molar-refractivity contribution in [1.29, 1.82) is 0 Å². The van der Waals surface area contributed by atoms with E-state index in [-0.39, 0.29) is 0 Å². The average molecular weight is 307 g/mol. The van der Waals surface area contributed by atoms with Crippen LogP contribution in [0.1, 0.15) is 18.2 Å². The molecule has 6 heteroatoms. The van der Waals surface area contributed by atoms with E-state index < -0.39 is 10.0 Å². The first kappa shape index (κ1) is 15.8. The molecule has 0 aliphatic rings. The van der Waals surface area contributed by atoms with Crippen LogP contribution in [0.2, 0.25) is 0 Å². The third-order valence-corrected chi connectivity index (χ3v) is 5.24. The first-order chi connectivity index (χ1) is 9.98. The predicted molar refractivity (Wildman–Crippen MR) is 83.1 cm³/mol. The van der Waals surface area contributed by atoms with Crippen molar-refractivity contribution >= 4 is 10.0 Å². The van der Waals surface area contributed by atoms with Crippen LogP contribution in [-0.4, -0.2) is 24.3 Å². The van der Waals surface area contributed by atoms with E-state index in [2.05, 4.69) is 0 Å². The number of benzene rings is 1. The second-order valence-corrected chi connectivity index (χ2v) is 6.95. The molecule has 0 unspecified atom stereocenters. The Kier molecular flexibility index (Phi) is 4.82. The first-order valence-electron chi connectivity index (χ1n) is 6.88. The Morgan fingerprint density at radius 3 is 2.43 bits per heavy atom. The van der Waals surface area contributed by atoms with Crippen LogP contribution >= 0.6 is 0 Å². The lowest BCUT2D eigenvalue weighted by Crippen LogP contribution is -2.26. The number of hydrogen-bond acceptors (Lipinski definition) is 3. The summed E-state index contributed by atoms with van der Waals surface area (Å²) in [5, 5.41) is 0. The smallest absolute Gasteiger partial charge is 0.244 e. The molecule has 1 aromatic carbocycles. The van der Waals surface area contributed by atoms with E-state index in [0.29, 0.717) is 24.5 Å². The van der Waals surface area contributed by atoms with Gasteiger partial charge in [0, 0.05) is 38.6 Å². The van der Waals surface area contributed by atoms with Crippen molar-refractivity contribution in [3.05, 3.63) is 53.9 Å². The van der Waals surface area contributed by atoms with Crippen molar-refractivity contribution in [1.82, 2.24) is 8.87 Å². The van der Waals surface area contributed by atoms with Crippen LogP contribution in [0.5, 0.6) is 0 Å². The molecule has 114 valence electrons. The zero-order valence-corrected chi connectivity index (χ0v) is 13.2. The molecular weight excluding hydrogens is 286 g/mol. The molecule has 1 aromatic heterocycles. The summed E-state index contributed by atoms with van der Waals surface area (Å²) in [7, 11) is -1.91. The molecule has 0 radical (unpaired) electrons. The largest absolute Gasteiger partial charge is 0.349 e. The Labute approximate surface area is 126 Å². The van der Waals surface area contributed by atoms with Gasteiger partial charge in [0.1, 0.15) is 4.90 Å². The fourth-order valence-electron chi connectivity index (χ4n) is 2.24. The van der Waals surface area contributed by atoms with E-state index in [4.69, 9.17) is 5.73 Å².